The number of nitrogens with zero attached hydrogens (tertiary/aromatic N) is 2. The van der Waals surface area contributed by atoms with Gasteiger partial charge in [-0.3, -0.25) is 4.68 Å². The first-order valence-electron chi connectivity index (χ1n) is 4.93. The van der Waals surface area contributed by atoms with Crippen LogP contribution in [0.15, 0.2) is 17.3 Å². The van der Waals surface area contributed by atoms with Gasteiger partial charge in [0.25, 0.3) is 0 Å². The molecule has 0 amide bonds. The van der Waals surface area contributed by atoms with Gasteiger partial charge in [-0.25, -0.2) is 13.1 Å². The van der Waals surface area contributed by atoms with E-state index in [0.717, 1.165) is 0 Å². The van der Waals surface area contributed by atoms with E-state index in [1.54, 1.807) is 20.9 Å². The summed E-state index contributed by atoms with van der Waals surface area (Å²) < 4.78 is 27.6. The minimum atomic E-state index is -3.55. The van der Waals surface area contributed by atoms with Crippen LogP contribution < -0.4 is 10.5 Å². The number of thiocarbonyl (C=S) groups is 1. The minimum Gasteiger partial charge on any atom is -0.393 e. The quantitative estimate of drug-likeness (QED) is 0.739. The predicted octanol–water partition coefficient (Wildman–Crippen LogP) is 0.0107. The van der Waals surface area contributed by atoms with E-state index in [-0.39, 0.29) is 16.4 Å². The molecule has 8 heteroatoms. The van der Waals surface area contributed by atoms with Crippen molar-refractivity contribution in [2.75, 3.05) is 6.54 Å². The maximum atomic E-state index is 11.9. The largest absolute Gasteiger partial charge is 0.393 e. The number of sulfonamides is 1. The number of nitrogens with two attached hydrogens (primary N) is 1. The Morgan fingerprint density at radius 1 is 1.65 bits per heavy atom. The molecule has 96 valence electrons. The van der Waals surface area contributed by atoms with Crippen LogP contribution in [-0.2, 0) is 17.1 Å². The first-order chi connectivity index (χ1) is 7.65. The van der Waals surface area contributed by atoms with Gasteiger partial charge in [0.05, 0.1) is 11.2 Å². The van der Waals surface area contributed by atoms with Crippen molar-refractivity contribution in [1.82, 2.24) is 14.5 Å². The van der Waals surface area contributed by atoms with Crippen molar-refractivity contribution in [2.24, 2.45) is 18.2 Å². The van der Waals surface area contributed by atoms with Crippen LogP contribution in [0.25, 0.3) is 0 Å². The number of hydrogen-bond donors (Lipinski definition) is 2. The topological polar surface area (TPSA) is 90.0 Å². The molecule has 0 unspecified atom stereocenters. The molecule has 6 nitrogen and oxygen atoms in total. The molecule has 0 bridgehead atoms. The molecule has 0 atom stereocenters. The van der Waals surface area contributed by atoms with Gasteiger partial charge in [-0.05, 0) is 0 Å². The van der Waals surface area contributed by atoms with Gasteiger partial charge in [0.15, 0.2) is 0 Å². The lowest BCUT2D eigenvalue weighted by Crippen LogP contribution is -2.41. The first kappa shape index (κ1) is 14.1. The summed E-state index contributed by atoms with van der Waals surface area (Å²) in [4.78, 5) is 0.394. The molecule has 0 aromatic carbocycles. The summed E-state index contributed by atoms with van der Waals surface area (Å²) in [7, 11) is -1.90. The number of aryl methyl sites for hydroxylation is 1. The molecule has 17 heavy (non-hydrogen) atoms. The summed E-state index contributed by atoms with van der Waals surface area (Å²) in [5, 5.41) is 3.81. The van der Waals surface area contributed by atoms with E-state index in [1.165, 1.54) is 17.1 Å². The highest BCUT2D eigenvalue weighted by Crippen LogP contribution is 2.15. The van der Waals surface area contributed by atoms with Gasteiger partial charge in [0.1, 0.15) is 4.90 Å². The Labute approximate surface area is 106 Å². The standard InChI is InChI=1S/C9H16N4O2S2/c1-9(2,8(10)16)6-12-17(14,15)7-4-11-13(3)5-7/h4-5,12H,6H2,1-3H3,(H2,10,16). The highest BCUT2D eigenvalue weighted by molar-refractivity contribution is 7.89. The van der Waals surface area contributed by atoms with E-state index >= 15 is 0 Å². The van der Waals surface area contributed by atoms with Crippen LogP contribution in [0.3, 0.4) is 0 Å². The maximum Gasteiger partial charge on any atom is 0.243 e. The van der Waals surface area contributed by atoms with Gasteiger partial charge in [-0.1, -0.05) is 26.1 Å². The number of nitrogens with one attached hydrogen (secondary N) is 1. The fraction of sp³-hybridized carbons (Fsp3) is 0.556. The Kier molecular flexibility index (Phi) is 3.90. The SMILES string of the molecule is Cn1cc(S(=O)(=O)NCC(C)(C)C(N)=S)cn1. The Balaban J connectivity index is 2.79. The second kappa shape index (κ2) is 4.71. The summed E-state index contributed by atoms with van der Waals surface area (Å²) >= 11 is 4.87. The van der Waals surface area contributed by atoms with Crippen molar-refractivity contribution in [2.45, 2.75) is 18.7 Å². The third kappa shape index (κ3) is 3.48. The normalized spacial score (nSPS) is 12.6. The summed E-state index contributed by atoms with van der Waals surface area (Å²) in [6.45, 7) is 3.71. The van der Waals surface area contributed by atoms with Crippen molar-refractivity contribution in [3.05, 3.63) is 12.4 Å². The Morgan fingerprint density at radius 3 is 2.65 bits per heavy atom. The van der Waals surface area contributed by atoms with Crippen LogP contribution in [0, 0.1) is 5.41 Å². The third-order valence-corrected chi connectivity index (χ3v) is 4.27. The molecular formula is C9H16N4O2S2. The molecule has 1 heterocycles. The summed E-state index contributed by atoms with van der Waals surface area (Å²) in [6.07, 6.45) is 2.71. The van der Waals surface area contributed by atoms with E-state index < -0.39 is 15.4 Å². The molecule has 0 aliphatic carbocycles. The summed E-state index contributed by atoms with van der Waals surface area (Å²) in [5.74, 6) is 0. The lowest BCUT2D eigenvalue weighted by atomic mass is 9.94. The lowest BCUT2D eigenvalue weighted by Gasteiger charge is -2.22. The third-order valence-electron chi connectivity index (χ3n) is 2.36. The molecule has 1 aromatic rings. The van der Waals surface area contributed by atoms with E-state index in [2.05, 4.69) is 9.82 Å². The van der Waals surface area contributed by atoms with Gasteiger partial charge >= 0.3 is 0 Å². The molecule has 0 saturated heterocycles. The zero-order valence-corrected chi connectivity index (χ0v) is 11.6. The molecule has 1 rings (SSSR count). The Morgan fingerprint density at radius 2 is 2.24 bits per heavy atom. The lowest BCUT2D eigenvalue weighted by molar-refractivity contribution is 0.501. The molecule has 0 aliphatic rings. The van der Waals surface area contributed by atoms with Gasteiger partial charge in [0.2, 0.25) is 10.0 Å². The zero-order chi connectivity index (χ0) is 13.3. The maximum absolute atomic E-state index is 11.9. The second-order valence-electron chi connectivity index (χ2n) is 4.42. The highest BCUT2D eigenvalue weighted by atomic mass is 32.2. The van der Waals surface area contributed by atoms with E-state index in [1.807, 2.05) is 0 Å². The first-order valence-corrected chi connectivity index (χ1v) is 6.82. The molecule has 1 aromatic heterocycles. The molecule has 0 saturated carbocycles. The average molecular weight is 276 g/mol. The average Bonchev–Trinajstić information content (AvgIpc) is 2.63. The molecular weight excluding hydrogens is 260 g/mol. The van der Waals surface area contributed by atoms with E-state index in [9.17, 15) is 8.42 Å². The Hall–Kier alpha value is -0.990. The van der Waals surface area contributed by atoms with Gasteiger partial charge in [0, 0.05) is 25.2 Å². The number of hydrogen-bond acceptors (Lipinski definition) is 4. The van der Waals surface area contributed by atoms with Crippen molar-refractivity contribution >= 4 is 27.2 Å². The smallest absolute Gasteiger partial charge is 0.243 e. The summed E-state index contributed by atoms with van der Waals surface area (Å²) in [5.41, 5.74) is 4.96. The Bertz CT molecular complexity index is 519. The molecule has 0 aliphatic heterocycles. The van der Waals surface area contributed by atoms with Crippen LogP contribution in [-0.4, -0.2) is 29.7 Å². The van der Waals surface area contributed by atoms with E-state index in [4.69, 9.17) is 18.0 Å². The van der Waals surface area contributed by atoms with Crippen molar-refractivity contribution in [3.8, 4) is 0 Å². The second-order valence-corrected chi connectivity index (χ2v) is 6.63. The van der Waals surface area contributed by atoms with Gasteiger partial charge in [-0.15, -0.1) is 0 Å². The van der Waals surface area contributed by atoms with Gasteiger partial charge < -0.3 is 5.73 Å². The molecule has 0 spiro atoms. The fourth-order valence-corrected chi connectivity index (χ4v) is 2.25. The van der Waals surface area contributed by atoms with Crippen LogP contribution in [0.5, 0.6) is 0 Å². The van der Waals surface area contributed by atoms with E-state index in [0.29, 0.717) is 0 Å². The van der Waals surface area contributed by atoms with Gasteiger partial charge in [-0.2, -0.15) is 5.10 Å². The fourth-order valence-electron chi connectivity index (χ4n) is 0.983. The number of rotatable bonds is 5. The van der Waals surface area contributed by atoms with Crippen molar-refractivity contribution < 1.29 is 8.42 Å². The molecule has 0 fully saturated rings. The summed E-state index contributed by atoms with van der Waals surface area (Å²) in [6, 6.07) is 0. The van der Waals surface area contributed by atoms with Crippen LogP contribution in [0.2, 0.25) is 0 Å². The zero-order valence-electron chi connectivity index (χ0n) is 9.97. The molecule has 3 N–H and O–H groups in total. The minimum absolute atomic E-state index is 0.124. The highest BCUT2D eigenvalue weighted by Gasteiger charge is 2.25. The van der Waals surface area contributed by atoms with Crippen molar-refractivity contribution in [1.29, 1.82) is 0 Å². The van der Waals surface area contributed by atoms with Crippen LogP contribution >= 0.6 is 12.2 Å². The monoisotopic (exact) mass is 276 g/mol. The van der Waals surface area contributed by atoms with Crippen molar-refractivity contribution in [3.63, 3.8) is 0 Å². The predicted molar refractivity (Wildman–Crippen MR) is 69.0 cm³/mol. The molecule has 0 radical (unpaired) electrons. The van der Waals surface area contributed by atoms with Crippen LogP contribution in [0.4, 0.5) is 0 Å². The number of aromatic nitrogens is 2. The van der Waals surface area contributed by atoms with Crippen LogP contribution in [0.1, 0.15) is 13.8 Å².